The van der Waals surface area contributed by atoms with Crippen molar-refractivity contribution in [3.63, 3.8) is 0 Å². The minimum Gasteiger partial charge on any atom is -0.492 e. The van der Waals surface area contributed by atoms with Crippen LogP contribution in [0.3, 0.4) is 0 Å². The van der Waals surface area contributed by atoms with E-state index in [9.17, 15) is 14.0 Å². The number of nitrogens with one attached hydrogen (secondary N) is 1. The number of benzene rings is 1. The molecule has 1 fully saturated rings. The Hall–Kier alpha value is -2.39. The molecule has 2 rings (SSSR count). The van der Waals surface area contributed by atoms with E-state index >= 15 is 0 Å². The third-order valence-corrected chi connectivity index (χ3v) is 3.93. The van der Waals surface area contributed by atoms with E-state index in [1.54, 1.807) is 0 Å². The van der Waals surface area contributed by atoms with Gasteiger partial charge in [0.1, 0.15) is 0 Å². The second kappa shape index (κ2) is 7.93. The second-order valence-electron chi connectivity index (χ2n) is 4.22. The second-order valence-corrected chi connectivity index (χ2v) is 5.66. The molecule has 0 bridgehead atoms. The summed E-state index contributed by atoms with van der Waals surface area (Å²) in [5.74, 6) is -1.94. The van der Waals surface area contributed by atoms with Gasteiger partial charge in [0.15, 0.2) is 16.7 Å². The molecule has 0 saturated carbocycles. The molecule has 0 aromatic heterocycles. The lowest BCUT2D eigenvalue weighted by Gasteiger charge is -2.05. The van der Waals surface area contributed by atoms with Crippen LogP contribution in [0.25, 0.3) is 0 Å². The Bertz CT molecular complexity index is 780. The molecule has 1 N–H and O–H groups in total. The Balaban J connectivity index is 2.15. The van der Waals surface area contributed by atoms with Gasteiger partial charge in [0.05, 0.1) is 30.4 Å². The Morgan fingerprint density at radius 2 is 2.17 bits per heavy atom. The van der Waals surface area contributed by atoms with E-state index in [4.69, 9.17) is 16.3 Å². The van der Waals surface area contributed by atoms with Gasteiger partial charge in [-0.25, -0.2) is 9.18 Å². The molecular weight excluding hydrogens is 361 g/mol. The number of esters is 1. The molecule has 0 unspecified atom stereocenters. The van der Waals surface area contributed by atoms with Crippen LogP contribution < -0.4 is 10.1 Å². The maximum atomic E-state index is 14.1. The molecular formula is C14H11ClFN3O4S. The van der Waals surface area contributed by atoms with Gasteiger partial charge >= 0.3 is 5.97 Å². The number of amidine groups is 1. The first kappa shape index (κ1) is 18.0. The number of nitrogens with zero attached hydrogens (tertiary/aromatic N) is 2. The summed E-state index contributed by atoms with van der Waals surface area (Å²) >= 11 is 6.70. The highest BCUT2D eigenvalue weighted by molar-refractivity contribution is 8.18. The van der Waals surface area contributed by atoms with Crippen LogP contribution in [-0.4, -0.2) is 37.5 Å². The maximum Gasteiger partial charge on any atom is 0.331 e. The molecule has 0 spiro atoms. The molecule has 7 nitrogen and oxygen atoms in total. The molecule has 1 aromatic rings. The highest BCUT2D eigenvalue weighted by Gasteiger charge is 2.25. The first-order valence-corrected chi connectivity index (χ1v) is 7.57. The quantitative estimate of drug-likeness (QED) is 0.379. The SMILES string of the molecule is COC(=O)/C=C1/S/C(=N\N=Cc2ccc(Cl)c(OC)c2F)NC1=O. The van der Waals surface area contributed by atoms with Gasteiger partial charge in [0.2, 0.25) is 0 Å². The summed E-state index contributed by atoms with van der Waals surface area (Å²) in [7, 11) is 2.50. The average molecular weight is 372 g/mol. The molecule has 0 atom stereocenters. The Labute approximate surface area is 145 Å². The van der Waals surface area contributed by atoms with Crippen molar-refractivity contribution in [1.82, 2.24) is 5.32 Å². The van der Waals surface area contributed by atoms with Crippen LogP contribution in [0.5, 0.6) is 5.75 Å². The summed E-state index contributed by atoms with van der Waals surface area (Å²) < 4.78 is 23.3. The smallest absolute Gasteiger partial charge is 0.331 e. The lowest BCUT2D eigenvalue weighted by atomic mass is 10.2. The fraction of sp³-hybridized carbons (Fsp3) is 0.143. The Kier molecular flexibility index (Phi) is 5.93. The van der Waals surface area contributed by atoms with E-state index in [1.807, 2.05) is 0 Å². The van der Waals surface area contributed by atoms with Gasteiger partial charge in [-0.2, -0.15) is 5.10 Å². The lowest BCUT2D eigenvalue weighted by molar-refractivity contribution is -0.135. The van der Waals surface area contributed by atoms with Crippen molar-refractivity contribution < 1.29 is 23.5 Å². The van der Waals surface area contributed by atoms with Gasteiger partial charge in [-0.15, -0.1) is 5.10 Å². The van der Waals surface area contributed by atoms with Crippen molar-refractivity contribution in [3.05, 3.63) is 39.5 Å². The fourth-order valence-corrected chi connectivity index (χ4v) is 2.58. The highest BCUT2D eigenvalue weighted by Crippen LogP contribution is 2.29. The summed E-state index contributed by atoms with van der Waals surface area (Å²) in [6.07, 6.45) is 2.19. The van der Waals surface area contributed by atoms with Crippen LogP contribution in [0.15, 0.2) is 33.3 Å². The number of amides is 1. The van der Waals surface area contributed by atoms with Crippen LogP contribution in [0.1, 0.15) is 5.56 Å². The molecule has 10 heteroatoms. The zero-order chi connectivity index (χ0) is 17.7. The van der Waals surface area contributed by atoms with Crippen LogP contribution in [-0.2, 0) is 14.3 Å². The fourth-order valence-electron chi connectivity index (χ4n) is 1.62. The molecule has 126 valence electrons. The number of carbonyl (C=O) groups is 2. The summed E-state index contributed by atoms with van der Waals surface area (Å²) in [6, 6.07) is 2.87. The monoisotopic (exact) mass is 371 g/mol. The molecule has 0 aliphatic carbocycles. The van der Waals surface area contributed by atoms with Crippen molar-refractivity contribution >= 4 is 46.6 Å². The van der Waals surface area contributed by atoms with Crippen molar-refractivity contribution in [2.24, 2.45) is 10.2 Å². The van der Waals surface area contributed by atoms with Gasteiger partial charge in [0.25, 0.3) is 5.91 Å². The summed E-state index contributed by atoms with van der Waals surface area (Å²) in [5, 5.41) is 10.1. The number of methoxy groups -OCH3 is 2. The molecule has 24 heavy (non-hydrogen) atoms. The van der Waals surface area contributed by atoms with Crippen LogP contribution in [0.2, 0.25) is 5.02 Å². The van der Waals surface area contributed by atoms with Crippen molar-refractivity contribution in [2.75, 3.05) is 14.2 Å². The van der Waals surface area contributed by atoms with Gasteiger partial charge in [-0.1, -0.05) is 11.6 Å². The Morgan fingerprint density at radius 3 is 2.83 bits per heavy atom. The van der Waals surface area contributed by atoms with Crippen molar-refractivity contribution in [2.45, 2.75) is 0 Å². The van der Waals surface area contributed by atoms with E-state index in [-0.39, 0.29) is 26.4 Å². The van der Waals surface area contributed by atoms with Gasteiger partial charge in [-0.3, -0.25) is 10.1 Å². The topological polar surface area (TPSA) is 89.3 Å². The van der Waals surface area contributed by atoms with E-state index in [2.05, 4.69) is 20.3 Å². The van der Waals surface area contributed by atoms with Gasteiger partial charge in [-0.05, 0) is 23.9 Å². The zero-order valence-corrected chi connectivity index (χ0v) is 14.1. The third kappa shape index (κ3) is 4.12. The molecule has 0 radical (unpaired) electrons. The highest BCUT2D eigenvalue weighted by atomic mass is 35.5. The standard InChI is InChI=1S/C14H11ClFN3O4S/c1-22-10(20)5-9-13(21)18-14(24-9)19-17-6-7-3-4-8(15)12(23-2)11(7)16/h3-6H,1-2H3,(H,18,19,21)/b9-5+,17-6?. The van der Waals surface area contributed by atoms with Gasteiger partial charge < -0.3 is 9.47 Å². The number of rotatable bonds is 4. The summed E-state index contributed by atoms with van der Waals surface area (Å²) in [5.41, 5.74) is 0.111. The zero-order valence-electron chi connectivity index (χ0n) is 12.5. The van der Waals surface area contributed by atoms with Crippen molar-refractivity contribution in [3.8, 4) is 5.75 Å². The number of hydrogen-bond acceptors (Lipinski definition) is 7. The average Bonchev–Trinajstić information content (AvgIpc) is 2.89. The maximum absolute atomic E-state index is 14.1. The summed E-state index contributed by atoms with van der Waals surface area (Å²) in [6.45, 7) is 0. The van der Waals surface area contributed by atoms with Crippen LogP contribution >= 0.6 is 23.4 Å². The number of hydrogen-bond donors (Lipinski definition) is 1. The number of carbonyl (C=O) groups excluding carboxylic acids is 2. The van der Waals surface area contributed by atoms with E-state index in [0.717, 1.165) is 24.1 Å². The summed E-state index contributed by atoms with van der Waals surface area (Å²) in [4.78, 5) is 22.9. The van der Waals surface area contributed by atoms with Crippen molar-refractivity contribution in [1.29, 1.82) is 0 Å². The predicted octanol–water partition coefficient (Wildman–Crippen LogP) is 2.10. The molecule has 1 heterocycles. The lowest BCUT2D eigenvalue weighted by Crippen LogP contribution is -2.19. The molecule has 1 saturated heterocycles. The van der Waals surface area contributed by atoms with E-state index < -0.39 is 17.7 Å². The minimum absolute atomic E-state index is 0.0971. The minimum atomic E-state index is -0.677. The molecule has 1 aromatic carbocycles. The van der Waals surface area contributed by atoms with Crippen LogP contribution in [0.4, 0.5) is 4.39 Å². The molecule has 1 amide bonds. The van der Waals surface area contributed by atoms with E-state index in [0.29, 0.717) is 0 Å². The Morgan fingerprint density at radius 1 is 1.42 bits per heavy atom. The van der Waals surface area contributed by atoms with Gasteiger partial charge in [0, 0.05) is 11.6 Å². The normalized spacial score (nSPS) is 17.6. The third-order valence-electron chi connectivity index (χ3n) is 2.73. The molecule has 1 aliphatic rings. The first-order valence-electron chi connectivity index (χ1n) is 6.38. The largest absolute Gasteiger partial charge is 0.492 e. The first-order chi connectivity index (χ1) is 11.5. The predicted molar refractivity (Wildman–Crippen MR) is 88.8 cm³/mol. The van der Waals surface area contributed by atoms with Crippen LogP contribution in [0, 0.1) is 5.82 Å². The number of ether oxygens (including phenoxy) is 2. The number of thioether (sulfide) groups is 1. The van der Waals surface area contributed by atoms with E-state index in [1.165, 1.54) is 26.4 Å². The molecule has 1 aliphatic heterocycles. The number of halogens is 2.